The number of benzene rings is 2. The predicted octanol–water partition coefficient (Wildman–Crippen LogP) is 4.65. The molecule has 0 spiro atoms. The number of carboxylic acids is 1. The van der Waals surface area contributed by atoms with E-state index in [1.807, 2.05) is 32.0 Å². The Hall–Kier alpha value is -3.74. The van der Waals surface area contributed by atoms with Crippen LogP contribution in [0.25, 0.3) is 0 Å². The largest absolute Gasteiger partial charge is 0.481 e. The Balaban J connectivity index is 1.66. The number of methoxy groups -OCH3 is 1. The zero-order chi connectivity index (χ0) is 24.4. The summed E-state index contributed by atoms with van der Waals surface area (Å²) >= 11 is 0. The van der Waals surface area contributed by atoms with Crippen LogP contribution in [-0.4, -0.2) is 40.5 Å². The van der Waals surface area contributed by atoms with E-state index >= 15 is 0 Å². The fourth-order valence-corrected chi connectivity index (χ4v) is 4.54. The molecule has 1 atom stereocenters. The van der Waals surface area contributed by atoms with Gasteiger partial charge in [-0.05, 0) is 60.2 Å². The number of aromatic nitrogens is 1. The lowest BCUT2D eigenvalue weighted by Gasteiger charge is -2.30. The fourth-order valence-electron chi connectivity index (χ4n) is 4.54. The Kier molecular flexibility index (Phi) is 6.63. The number of hydrogen-bond donors (Lipinski definition) is 1. The standard InChI is InChI=1S/C27H27FN2O4/c1-16-4-7-24(28)22(10-16)27(33)30-9-8-18-5-6-19(12-20(18)15-30)21(13-26(31)32)23-14-29-25(34-3)11-17(23)2/h4-7,10-12,14,21H,8-9,13,15H2,1-3H3,(H,31,32)/t21-/m0/s1. The van der Waals surface area contributed by atoms with Gasteiger partial charge in [-0.1, -0.05) is 29.8 Å². The minimum atomic E-state index is -0.912. The van der Waals surface area contributed by atoms with Crippen LogP contribution < -0.4 is 4.74 Å². The number of carboxylic acid groups (broad SMARTS) is 1. The Morgan fingerprint density at radius 1 is 1.15 bits per heavy atom. The molecule has 6 nitrogen and oxygen atoms in total. The van der Waals surface area contributed by atoms with Crippen LogP contribution in [0, 0.1) is 19.7 Å². The van der Waals surface area contributed by atoms with E-state index in [-0.39, 0.29) is 17.9 Å². The molecule has 2 aromatic carbocycles. The summed E-state index contributed by atoms with van der Waals surface area (Å²) < 4.78 is 19.5. The monoisotopic (exact) mass is 462 g/mol. The molecule has 1 N–H and O–H groups in total. The highest BCUT2D eigenvalue weighted by atomic mass is 19.1. The van der Waals surface area contributed by atoms with Crippen LogP contribution in [-0.2, 0) is 17.8 Å². The van der Waals surface area contributed by atoms with Crippen LogP contribution in [0.5, 0.6) is 5.88 Å². The first kappa shape index (κ1) is 23.4. The zero-order valence-corrected chi connectivity index (χ0v) is 19.5. The second-order valence-electron chi connectivity index (χ2n) is 8.72. The predicted molar refractivity (Wildman–Crippen MR) is 126 cm³/mol. The van der Waals surface area contributed by atoms with Crippen molar-refractivity contribution in [2.24, 2.45) is 0 Å². The third-order valence-electron chi connectivity index (χ3n) is 6.37. The van der Waals surface area contributed by atoms with Gasteiger partial charge < -0.3 is 14.7 Å². The number of amides is 1. The number of rotatable bonds is 6. The SMILES string of the molecule is COc1cc(C)c([C@@H](CC(=O)O)c2ccc3c(c2)CN(C(=O)c2cc(C)ccc2F)CC3)cn1. The maximum absolute atomic E-state index is 14.3. The molecular formula is C27H27FN2O4. The summed E-state index contributed by atoms with van der Waals surface area (Å²) in [6.45, 7) is 4.57. The van der Waals surface area contributed by atoms with E-state index in [1.165, 1.54) is 13.2 Å². The van der Waals surface area contributed by atoms with Gasteiger partial charge in [-0.25, -0.2) is 9.37 Å². The van der Waals surface area contributed by atoms with Crippen molar-refractivity contribution in [3.63, 3.8) is 0 Å². The zero-order valence-electron chi connectivity index (χ0n) is 19.5. The van der Waals surface area contributed by atoms with Gasteiger partial charge in [-0.2, -0.15) is 0 Å². The molecule has 7 heteroatoms. The minimum Gasteiger partial charge on any atom is -0.481 e. The summed E-state index contributed by atoms with van der Waals surface area (Å²) in [5.41, 5.74) is 5.49. The van der Waals surface area contributed by atoms with Crippen molar-refractivity contribution in [3.05, 3.63) is 93.4 Å². The summed E-state index contributed by atoms with van der Waals surface area (Å²) in [5.74, 6) is -1.71. The van der Waals surface area contributed by atoms with E-state index in [9.17, 15) is 19.1 Å². The first-order valence-corrected chi connectivity index (χ1v) is 11.2. The number of pyridine rings is 1. The van der Waals surface area contributed by atoms with Gasteiger partial charge in [-0.15, -0.1) is 0 Å². The van der Waals surface area contributed by atoms with E-state index in [0.717, 1.165) is 33.4 Å². The molecule has 34 heavy (non-hydrogen) atoms. The average molecular weight is 463 g/mol. The topological polar surface area (TPSA) is 79.7 Å². The third-order valence-corrected chi connectivity index (χ3v) is 6.37. The molecule has 0 fully saturated rings. The first-order valence-electron chi connectivity index (χ1n) is 11.2. The molecular weight excluding hydrogens is 435 g/mol. The second kappa shape index (κ2) is 9.63. The van der Waals surface area contributed by atoms with Gasteiger partial charge in [0.1, 0.15) is 5.82 Å². The number of aliphatic carboxylic acids is 1. The van der Waals surface area contributed by atoms with Crippen LogP contribution in [0.2, 0.25) is 0 Å². The minimum absolute atomic E-state index is 0.0725. The molecule has 0 saturated carbocycles. The second-order valence-corrected chi connectivity index (χ2v) is 8.72. The van der Waals surface area contributed by atoms with E-state index in [4.69, 9.17) is 4.74 Å². The molecule has 0 unspecified atom stereocenters. The molecule has 0 aliphatic carbocycles. The number of carbonyl (C=O) groups is 2. The summed E-state index contributed by atoms with van der Waals surface area (Å²) in [6.07, 6.45) is 2.23. The molecule has 4 rings (SSSR count). The molecule has 0 radical (unpaired) electrons. The lowest BCUT2D eigenvalue weighted by molar-refractivity contribution is -0.137. The summed E-state index contributed by atoms with van der Waals surface area (Å²) in [6, 6.07) is 12.3. The van der Waals surface area contributed by atoms with Crippen molar-refractivity contribution in [2.45, 2.75) is 39.2 Å². The van der Waals surface area contributed by atoms with Crippen molar-refractivity contribution < 1.29 is 23.8 Å². The summed E-state index contributed by atoms with van der Waals surface area (Å²) in [7, 11) is 1.54. The van der Waals surface area contributed by atoms with Crippen LogP contribution >= 0.6 is 0 Å². The molecule has 176 valence electrons. The molecule has 1 aromatic heterocycles. The number of aryl methyl sites for hydroxylation is 2. The lowest BCUT2D eigenvalue weighted by atomic mass is 9.84. The highest BCUT2D eigenvalue weighted by molar-refractivity contribution is 5.94. The van der Waals surface area contributed by atoms with Gasteiger partial charge in [0.15, 0.2) is 0 Å². The fraction of sp³-hybridized carbons (Fsp3) is 0.296. The number of nitrogens with zero attached hydrogens (tertiary/aromatic N) is 2. The number of hydrogen-bond acceptors (Lipinski definition) is 4. The molecule has 0 saturated heterocycles. The van der Waals surface area contributed by atoms with Crippen molar-refractivity contribution >= 4 is 11.9 Å². The normalized spacial score (nSPS) is 13.8. The van der Waals surface area contributed by atoms with Gasteiger partial charge in [-0.3, -0.25) is 9.59 Å². The summed E-state index contributed by atoms with van der Waals surface area (Å²) in [4.78, 5) is 30.7. The molecule has 2 heterocycles. The first-order chi connectivity index (χ1) is 16.3. The van der Waals surface area contributed by atoms with E-state index < -0.39 is 17.7 Å². The van der Waals surface area contributed by atoms with E-state index in [1.54, 1.807) is 29.3 Å². The Morgan fingerprint density at radius 3 is 2.65 bits per heavy atom. The summed E-state index contributed by atoms with van der Waals surface area (Å²) in [5, 5.41) is 9.59. The van der Waals surface area contributed by atoms with Crippen molar-refractivity contribution in [3.8, 4) is 5.88 Å². The van der Waals surface area contributed by atoms with Gasteiger partial charge in [0.05, 0.1) is 19.1 Å². The maximum atomic E-state index is 14.3. The average Bonchev–Trinajstić information content (AvgIpc) is 2.83. The molecule has 1 aliphatic rings. The smallest absolute Gasteiger partial charge is 0.304 e. The molecule has 3 aromatic rings. The highest BCUT2D eigenvalue weighted by Gasteiger charge is 2.26. The molecule has 1 aliphatic heterocycles. The van der Waals surface area contributed by atoms with Crippen LogP contribution in [0.4, 0.5) is 4.39 Å². The Morgan fingerprint density at radius 2 is 1.94 bits per heavy atom. The van der Waals surface area contributed by atoms with Gasteiger partial charge in [0.25, 0.3) is 5.91 Å². The lowest BCUT2D eigenvalue weighted by Crippen LogP contribution is -2.36. The van der Waals surface area contributed by atoms with E-state index in [0.29, 0.717) is 25.4 Å². The van der Waals surface area contributed by atoms with Crippen LogP contribution in [0.1, 0.15) is 56.1 Å². The van der Waals surface area contributed by atoms with Crippen molar-refractivity contribution in [2.75, 3.05) is 13.7 Å². The number of fused-ring (bicyclic) bond motifs is 1. The third kappa shape index (κ3) is 4.78. The number of carbonyl (C=O) groups excluding carboxylic acids is 1. The highest BCUT2D eigenvalue weighted by Crippen LogP contribution is 2.33. The Bertz CT molecular complexity index is 1260. The van der Waals surface area contributed by atoms with Crippen molar-refractivity contribution in [1.82, 2.24) is 9.88 Å². The van der Waals surface area contributed by atoms with Gasteiger partial charge in [0, 0.05) is 31.3 Å². The maximum Gasteiger partial charge on any atom is 0.304 e. The van der Waals surface area contributed by atoms with Crippen LogP contribution in [0.3, 0.4) is 0 Å². The Labute approximate surface area is 198 Å². The van der Waals surface area contributed by atoms with Crippen LogP contribution in [0.15, 0.2) is 48.7 Å². The van der Waals surface area contributed by atoms with E-state index in [2.05, 4.69) is 4.98 Å². The molecule has 0 bridgehead atoms. The molecule has 1 amide bonds. The number of halogens is 1. The number of ether oxygens (including phenoxy) is 1. The van der Waals surface area contributed by atoms with Gasteiger partial charge >= 0.3 is 5.97 Å². The quantitative estimate of drug-likeness (QED) is 0.577. The van der Waals surface area contributed by atoms with Gasteiger partial charge in [0.2, 0.25) is 5.88 Å². The van der Waals surface area contributed by atoms with Crippen molar-refractivity contribution in [1.29, 1.82) is 0 Å².